The molecule has 0 atom stereocenters. The number of ether oxygens (including phenoxy) is 1. The van der Waals surface area contributed by atoms with Gasteiger partial charge in [-0.2, -0.15) is 0 Å². The van der Waals surface area contributed by atoms with Gasteiger partial charge in [0.25, 0.3) is 0 Å². The Balaban J connectivity index is 1.57. The first-order chi connectivity index (χ1) is 13.6. The van der Waals surface area contributed by atoms with Gasteiger partial charge in [-0.25, -0.2) is 4.39 Å². The summed E-state index contributed by atoms with van der Waals surface area (Å²) in [5.41, 5.74) is 0.969. The van der Waals surface area contributed by atoms with Crippen LogP contribution >= 0.6 is 11.8 Å². The molecule has 0 aliphatic heterocycles. The summed E-state index contributed by atoms with van der Waals surface area (Å²) in [4.78, 5) is 12.2. The van der Waals surface area contributed by atoms with Crippen LogP contribution in [0.25, 0.3) is 0 Å². The summed E-state index contributed by atoms with van der Waals surface area (Å²) in [7, 11) is 0. The van der Waals surface area contributed by atoms with E-state index in [1.54, 1.807) is 19.1 Å². The van der Waals surface area contributed by atoms with Crippen molar-refractivity contribution in [3.8, 4) is 5.75 Å². The predicted molar refractivity (Wildman–Crippen MR) is 107 cm³/mol. The first-order valence-electron chi connectivity index (χ1n) is 8.85. The van der Waals surface area contributed by atoms with Crippen LogP contribution in [0.15, 0.2) is 53.7 Å². The summed E-state index contributed by atoms with van der Waals surface area (Å²) in [6, 6.07) is 14.1. The molecule has 0 spiro atoms. The monoisotopic (exact) mass is 400 g/mol. The predicted octanol–water partition coefficient (Wildman–Crippen LogP) is 4.06. The standard InChI is InChI=1S/C20H21FN4O2S/c1-3-25-18(12-27-16-7-5-4-6-8-16)23-24-20(25)28-13-19(26)22-15-10-9-14(2)17(21)11-15/h4-11H,3,12-13H2,1-2H3,(H,22,26). The summed E-state index contributed by atoms with van der Waals surface area (Å²) in [5, 5.41) is 11.7. The number of nitrogens with one attached hydrogen (secondary N) is 1. The maximum Gasteiger partial charge on any atom is 0.234 e. The molecule has 0 aliphatic carbocycles. The molecule has 0 saturated heterocycles. The molecule has 3 aromatic rings. The highest BCUT2D eigenvalue weighted by Gasteiger charge is 2.14. The molecule has 2 aromatic carbocycles. The van der Waals surface area contributed by atoms with Gasteiger partial charge in [0, 0.05) is 12.2 Å². The SMILES string of the molecule is CCn1c(COc2ccccc2)nnc1SCC(=O)Nc1ccc(C)c(F)c1. The van der Waals surface area contributed by atoms with Crippen LogP contribution in [0, 0.1) is 12.7 Å². The number of aromatic nitrogens is 3. The minimum Gasteiger partial charge on any atom is -0.486 e. The molecule has 8 heteroatoms. The van der Waals surface area contributed by atoms with Crippen molar-refractivity contribution in [3.05, 3.63) is 65.7 Å². The van der Waals surface area contributed by atoms with Gasteiger partial charge in [-0.1, -0.05) is 36.0 Å². The zero-order valence-corrected chi connectivity index (χ0v) is 16.5. The maximum absolute atomic E-state index is 13.6. The molecular formula is C20H21FN4O2S. The number of nitrogens with zero attached hydrogens (tertiary/aromatic N) is 3. The molecule has 146 valence electrons. The van der Waals surface area contributed by atoms with Gasteiger partial charge in [0.05, 0.1) is 5.75 Å². The van der Waals surface area contributed by atoms with Gasteiger partial charge in [0.15, 0.2) is 11.0 Å². The topological polar surface area (TPSA) is 69.0 Å². The average Bonchev–Trinajstić information content (AvgIpc) is 3.10. The lowest BCUT2D eigenvalue weighted by Gasteiger charge is -2.09. The Morgan fingerprint density at radius 3 is 2.71 bits per heavy atom. The van der Waals surface area contributed by atoms with E-state index in [2.05, 4.69) is 15.5 Å². The number of anilines is 1. The van der Waals surface area contributed by atoms with Gasteiger partial charge >= 0.3 is 0 Å². The average molecular weight is 400 g/mol. The third kappa shape index (κ3) is 5.10. The minimum absolute atomic E-state index is 0.146. The van der Waals surface area contributed by atoms with E-state index in [9.17, 15) is 9.18 Å². The number of benzene rings is 2. The van der Waals surface area contributed by atoms with Crippen LogP contribution in [0.4, 0.5) is 10.1 Å². The molecule has 0 saturated carbocycles. The second-order valence-corrected chi connectivity index (χ2v) is 6.99. The molecule has 0 unspecified atom stereocenters. The molecule has 1 amide bonds. The third-order valence-electron chi connectivity index (χ3n) is 4.01. The van der Waals surface area contributed by atoms with Crippen LogP contribution in [-0.2, 0) is 17.9 Å². The number of thioether (sulfide) groups is 1. The first-order valence-corrected chi connectivity index (χ1v) is 9.84. The Hall–Kier alpha value is -2.87. The molecule has 3 rings (SSSR count). The number of carbonyl (C=O) groups is 1. The molecule has 0 fully saturated rings. The third-order valence-corrected chi connectivity index (χ3v) is 4.98. The molecule has 0 radical (unpaired) electrons. The van der Waals surface area contributed by atoms with Crippen LogP contribution < -0.4 is 10.1 Å². The normalized spacial score (nSPS) is 10.7. The number of rotatable bonds is 8. The van der Waals surface area contributed by atoms with Crippen LogP contribution in [-0.4, -0.2) is 26.4 Å². The highest BCUT2D eigenvalue weighted by Crippen LogP contribution is 2.20. The zero-order valence-electron chi connectivity index (χ0n) is 15.7. The minimum atomic E-state index is -0.348. The van der Waals surface area contributed by atoms with Crippen molar-refractivity contribution in [1.29, 1.82) is 0 Å². The molecule has 6 nitrogen and oxygen atoms in total. The Morgan fingerprint density at radius 2 is 2.00 bits per heavy atom. The van der Waals surface area contributed by atoms with E-state index < -0.39 is 0 Å². The highest BCUT2D eigenvalue weighted by molar-refractivity contribution is 7.99. The van der Waals surface area contributed by atoms with Gasteiger partial charge in [0.1, 0.15) is 18.2 Å². The lowest BCUT2D eigenvalue weighted by molar-refractivity contribution is -0.113. The summed E-state index contributed by atoms with van der Waals surface area (Å²) in [6.45, 7) is 4.61. The van der Waals surface area contributed by atoms with Gasteiger partial charge in [0.2, 0.25) is 5.91 Å². The van der Waals surface area contributed by atoms with E-state index >= 15 is 0 Å². The summed E-state index contributed by atoms with van der Waals surface area (Å²) < 4.78 is 21.2. The van der Waals surface area contributed by atoms with E-state index in [-0.39, 0.29) is 17.5 Å². The summed E-state index contributed by atoms with van der Waals surface area (Å²) >= 11 is 1.28. The van der Waals surface area contributed by atoms with Crippen molar-refractivity contribution in [2.75, 3.05) is 11.1 Å². The van der Waals surface area contributed by atoms with Crippen molar-refractivity contribution in [1.82, 2.24) is 14.8 Å². The lowest BCUT2D eigenvalue weighted by atomic mass is 10.2. The van der Waals surface area contributed by atoms with E-state index in [0.29, 0.717) is 35.4 Å². The lowest BCUT2D eigenvalue weighted by Crippen LogP contribution is -2.15. The molecule has 0 aliphatic rings. The Bertz CT molecular complexity index is 947. The smallest absolute Gasteiger partial charge is 0.234 e. The highest BCUT2D eigenvalue weighted by atomic mass is 32.2. The van der Waals surface area contributed by atoms with Crippen LogP contribution in [0.5, 0.6) is 5.75 Å². The molecule has 1 aromatic heterocycles. The Morgan fingerprint density at radius 1 is 1.21 bits per heavy atom. The fourth-order valence-electron chi connectivity index (χ4n) is 2.51. The largest absolute Gasteiger partial charge is 0.486 e. The first kappa shape index (κ1) is 19.9. The van der Waals surface area contributed by atoms with Crippen molar-refractivity contribution >= 4 is 23.4 Å². The van der Waals surface area contributed by atoms with E-state index in [4.69, 9.17) is 4.74 Å². The van der Waals surface area contributed by atoms with Crippen molar-refractivity contribution in [3.63, 3.8) is 0 Å². The van der Waals surface area contributed by atoms with Crippen molar-refractivity contribution in [2.24, 2.45) is 0 Å². The number of halogens is 1. The maximum atomic E-state index is 13.6. The quantitative estimate of drug-likeness (QED) is 0.578. The van der Waals surface area contributed by atoms with Crippen LogP contribution in [0.2, 0.25) is 0 Å². The van der Waals surface area contributed by atoms with Crippen LogP contribution in [0.1, 0.15) is 18.3 Å². The molecule has 1 N–H and O–H groups in total. The molecule has 0 bridgehead atoms. The Kier molecular flexibility index (Phi) is 6.65. The second-order valence-electron chi connectivity index (χ2n) is 6.05. The molecule has 28 heavy (non-hydrogen) atoms. The number of para-hydroxylation sites is 1. The van der Waals surface area contributed by atoms with Crippen molar-refractivity contribution < 1.29 is 13.9 Å². The van der Waals surface area contributed by atoms with Crippen LogP contribution in [0.3, 0.4) is 0 Å². The second kappa shape index (κ2) is 9.36. The fourth-order valence-corrected chi connectivity index (χ4v) is 3.33. The Labute approximate surface area is 167 Å². The fraction of sp³-hybridized carbons (Fsp3) is 0.250. The number of hydrogen-bond acceptors (Lipinski definition) is 5. The number of hydrogen-bond donors (Lipinski definition) is 1. The number of carbonyl (C=O) groups excluding carboxylic acids is 1. The van der Waals surface area contributed by atoms with Gasteiger partial charge in [-0.3, -0.25) is 4.79 Å². The summed E-state index contributed by atoms with van der Waals surface area (Å²) in [5.74, 6) is 1.01. The summed E-state index contributed by atoms with van der Waals surface area (Å²) in [6.07, 6.45) is 0. The van der Waals surface area contributed by atoms with Gasteiger partial charge in [-0.15, -0.1) is 10.2 Å². The van der Waals surface area contributed by atoms with Gasteiger partial charge in [-0.05, 0) is 43.7 Å². The van der Waals surface area contributed by atoms with E-state index in [1.807, 2.05) is 41.8 Å². The number of aryl methyl sites for hydroxylation is 1. The molecule has 1 heterocycles. The van der Waals surface area contributed by atoms with E-state index in [0.717, 1.165) is 5.75 Å². The van der Waals surface area contributed by atoms with E-state index in [1.165, 1.54) is 17.8 Å². The molecular weight excluding hydrogens is 379 g/mol. The number of amides is 1. The van der Waals surface area contributed by atoms with Crippen molar-refractivity contribution in [2.45, 2.75) is 32.2 Å². The van der Waals surface area contributed by atoms with Gasteiger partial charge < -0.3 is 14.6 Å². The zero-order chi connectivity index (χ0) is 19.9.